The van der Waals surface area contributed by atoms with Gasteiger partial charge in [-0.15, -0.1) is 0 Å². The molecule has 4 N–H and O–H groups in total. The zero-order valence-corrected chi connectivity index (χ0v) is 16.1. The van der Waals surface area contributed by atoms with Crippen molar-refractivity contribution in [2.75, 3.05) is 0 Å². The molecule has 0 aromatic heterocycles. The summed E-state index contributed by atoms with van der Waals surface area (Å²) < 4.78 is 0. The van der Waals surface area contributed by atoms with Crippen LogP contribution in [-0.2, 0) is 9.59 Å². The average molecular weight is 343 g/mol. The van der Waals surface area contributed by atoms with Gasteiger partial charge in [-0.2, -0.15) is 0 Å². The second-order valence-electron chi connectivity index (χ2n) is 7.42. The minimum absolute atomic E-state index is 0.119. The molecule has 0 spiro atoms. The monoisotopic (exact) mass is 342 g/mol. The molecule has 5 nitrogen and oxygen atoms in total. The fourth-order valence-corrected chi connectivity index (χ4v) is 3.68. The Balaban J connectivity index is 5.36. The molecule has 2 unspecified atom stereocenters. The molecule has 0 fully saturated rings. The largest absolute Gasteiger partial charge is 0.369 e. The van der Waals surface area contributed by atoms with E-state index in [1.165, 1.54) is 19.3 Å². The molecular weight excluding hydrogens is 304 g/mol. The Hall–Kier alpha value is -1.10. The van der Waals surface area contributed by atoms with Crippen LogP contribution in [0.15, 0.2) is 0 Å². The smallest absolute Gasteiger partial charge is 0.259 e. The number of amides is 2. The molecule has 0 heterocycles. The normalized spacial score (nSPS) is 15.1. The van der Waals surface area contributed by atoms with E-state index in [1.807, 2.05) is 13.8 Å². The van der Waals surface area contributed by atoms with Crippen molar-refractivity contribution in [1.82, 2.24) is 5.48 Å². The summed E-state index contributed by atoms with van der Waals surface area (Å²) >= 11 is 0. The first-order chi connectivity index (χ1) is 11.4. The lowest BCUT2D eigenvalue weighted by Gasteiger charge is -2.37. The van der Waals surface area contributed by atoms with Gasteiger partial charge in [0.1, 0.15) is 5.41 Å². The number of unbranched alkanes of at least 4 members (excludes halogenated alkanes) is 5. The maximum atomic E-state index is 12.5. The van der Waals surface area contributed by atoms with E-state index in [0.29, 0.717) is 6.42 Å². The average Bonchev–Trinajstić information content (AvgIpc) is 2.54. The minimum atomic E-state index is -1.32. The van der Waals surface area contributed by atoms with Crippen LogP contribution < -0.4 is 11.2 Å². The number of rotatable bonds is 14. The molecule has 142 valence electrons. The Bertz CT molecular complexity index is 372. The van der Waals surface area contributed by atoms with E-state index in [1.54, 1.807) is 5.48 Å². The maximum Gasteiger partial charge on any atom is 0.259 e. The van der Waals surface area contributed by atoms with Crippen molar-refractivity contribution in [2.45, 2.75) is 91.9 Å². The summed E-state index contributed by atoms with van der Waals surface area (Å²) in [4.78, 5) is 24.8. The summed E-state index contributed by atoms with van der Waals surface area (Å²) in [6.07, 6.45) is 9.58. The molecule has 0 aromatic carbocycles. The van der Waals surface area contributed by atoms with Crippen LogP contribution >= 0.6 is 0 Å². The van der Waals surface area contributed by atoms with Crippen molar-refractivity contribution >= 4 is 11.8 Å². The number of nitrogens with one attached hydrogen (secondary N) is 1. The topological polar surface area (TPSA) is 92.4 Å². The molecule has 5 heteroatoms. The first kappa shape index (κ1) is 22.9. The van der Waals surface area contributed by atoms with Crippen LogP contribution in [-0.4, -0.2) is 17.0 Å². The number of carbonyl (C=O) groups is 2. The van der Waals surface area contributed by atoms with Gasteiger partial charge in [-0.25, -0.2) is 5.48 Å². The number of hydroxylamine groups is 1. The van der Waals surface area contributed by atoms with Gasteiger partial charge >= 0.3 is 0 Å². The van der Waals surface area contributed by atoms with Crippen LogP contribution in [0.5, 0.6) is 0 Å². The molecule has 0 radical (unpaired) electrons. The lowest BCUT2D eigenvalue weighted by molar-refractivity contribution is -0.154. The van der Waals surface area contributed by atoms with Crippen molar-refractivity contribution in [3.05, 3.63) is 0 Å². The molecule has 0 aliphatic heterocycles. The second kappa shape index (κ2) is 12.3. The summed E-state index contributed by atoms with van der Waals surface area (Å²) in [7, 11) is 0. The number of hydrogen-bond acceptors (Lipinski definition) is 3. The molecule has 0 aliphatic rings. The molecule has 2 atom stereocenters. The van der Waals surface area contributed by atoms with Gasteiger partial charge in [0.25, 0.3) is 5.91 Å². The first-order valence-corrected chi connectivity index (χ1v) is 9.61. The second-order valence-corrected chi connectivity index (χ2v) is 7.42. The third kappa shape index (κ3) is 6.80. The van der Waals surface area contributed by atoms with Gasteiger partial charge in [0.15, 0.2) is 0 Å². The van der Waals surface area contributed by atoms with Gasteiger partial charge in [-0.05, 0) is 31.1 Å². The van der Waals surface area contributed by atoms with Crippen LogP contribution in [0.4, 0.5) is 0 Å². The van der Waals surface area contributed by atoms with Crippen molar-refractivity contribution in [3.63, 3.8) is 0 Å². The Kier molecular flexibility index (Phi) is 11.7. The highest BCUT2D eigenvalue weighted by atomic mass is 16.5. The van der Waals surface area contributed by atoms with Crippen LogP contribution in [0.25, 0.3) is 0 Å². The predicted molar refractivity (Wildman–Crippen MR) is 97.4 cm³/mol. The van der Waals surface area contributed by atoms with Gasteiger partial charge in [-0.1, -0.05) is 72.6 Å². The van der Waals surface area contributed by atoms with E-state index in [4.69, 9.17) is 5.73 Å². The molecule has 2 amide bonds. The fraction of sp³-hybridized carbons (Fsp3) is 0.895. The highest BCUT2D eigenvalue weighted by Crippen LogP contribution is 2.41. The number of carbonyl (C=O) groups excluding carboxylic acids is 2. The Morgan fingerprint density at radius 1 is 1.00 bits per heavy atom. The lowest BCUT2D eigenvalue weighted by atomic mass is 9.65. The Morgan fingerprint density at radius 2 is 1.54 bits per heavy atom. The van der Waals surface area contributed by atoms with E-state index >= 15 is 0 Å². The summed E-state index contributed by atoms with van der Waals surface area (Å²) in [6.45, 7) is 8.22. The summed E-state index contributed by atoms with van der Waals surface area (Å²) in [5, 5.41) is 9.24. The lowest BCUT2D eigenvalue weighted by Crippen LogP contribution is -2.54. The number of primary amides is 1. The van der Waals surface area contributed by atoms with Crippen molar-refractivity contribution < 1.29 is 14.8 Å². The zero-order valence-electron chi connectivity index (χ0n) is 16.1. The third-order valence-electron chi connectivity index (χ3n) is 4.94. The summed E-state index contributed by atoms with van der Waals surface area (Å²) in [6, 6.07) is 0. The maximum absolute atomic E-state index is 12.5. The molecule has 0 saturated heterocycles. The molecule has 0 saturated carbocycles. The van der Waals surface area contributed by atoms with E-state index in [9.17, 15) is 14.8 Å². The fourth-order valence-electron chi connectivity index (χ4n) is 3.68. The molecule has 0 aromatic rings. The van der Waals surface area contributed by atoms with Crippen molar-refractivity contribution in [2.24, 2.45) is 23.0 Å². The number of hydrogen-bond donors (Lipinski definition) is 3. The van der Waals surface area contributed by atoms with Crippen molar-refractivity contribution in [1.29, 1.82) is 0 Å². The van der Waals surface area contributed by atoms with Gasteiger partial charge in [0.2, 0.25) is 5.91 Å². The van der Waals surface area contributed by atoms with Crippen LogP contribution in [0, 0.1) is 17.3 Å². The Morgan fingerprint density at radius 3 is 2.00 bits per heavy atom. The third-order valence-corrected chi connectivity index (χ3v) is 4.94. The standard InChI is InChI=1S/C19H38N2O3/c1-5-7-9-10-11-13-16(12-8-6-2)19(17(20)22,14-15(3)4)18(23)21-24/h15-16,24H,5-14H2,1-4H3,(H2,20,22)(H,21,23). The van der Waals surface area contributed by atoms with Gasteiger partial charge < -0.3 is 5.73 Å². The first-order valence-electron chi connectivity index (χ1n) is 9.61. The summed E-state index contributed by atoms with van der Waals surface area (Å²) in [5.74, 6) is -1.24. The molecule has 0 rings (SSSR count). The van der Waals surface area contributed by atoms with E-state index in [0.717, 1.165) is 38.5 Å². The molecule has 24 heavy (non-hydrogen) atoms. The van der Waals surface area contributed by atoms with Gasteiger partial charge in [0, 0.05) is 0 Å². The van der Waals surface area contributed by atoms with Gasteiger partial charge in [-0.3, -0.25) is 14.8 Å². The SMILES string of the molecule is CCCCCCCC(CCCC)C(CC(C)C)(C(N)=O)C(=O)NO. The van der Waals surface area contributed by atoms with Crippen LogP contribution in [0.2, 0.25) is 0 Å². The Labute approximate surface area is 147 Å². The van der Waals surface area contributed by atoms with Gasteiger partial charge in [0.05, 0.1) is 0 Å². The van der Waals surface area contributed by atoms with E-state index < -0.39 is 17.2 Å². The summed E-state index contributed by atoms with van der Waals surface area (Å²) in [5.41, 5.74) is 6.11. The quantitative estimate of drug-likeness (QED) is 0.191. The zero-order chi connectivity index (χ0) is 18.6. The van der Waals surface area contributed by atoms with E-state index in [2.05, 4.69) is 13.8 Å². The highest BCUT2D eigenvalue weighted by molar-refractivity contribution is 6.04. The minimum Gasteiger partial charge on any atom is -0.369 e. The van der Waals surface area contributed by atoms with Crippen molar-refractivity contribution in [3.8, 4) is 0 Å². The van der Waals surface area contributed by atoms with Crippen LogP contribution in [0.3, 0.4) is 0 Å². The molecular formula is C19H38N2O3. The predicted octanol–water partition coefficient (Wildman–Crippen LogP) is 4.18. The number of nitrogens with two attached hydrogens (primary N) is 1. The van der Waals surface area contributed by atoms with Crippen LogP contribution in [0.1, 0.15) is 91.9 Å². The van der Waals surface area contributed by atoms with E-state index in [-0.39, 0.29) is 11.8 Å². The highest BCUT2D eigenvalue weighted by Gasteiger charge is 2.50. The molecule has 0 bridgehead atoms. The molecule has 0 aliphatic carbocycles.